The van der Waals surface area contributed by atoms with Crippen LogP contribution in [-0.4, -0.2) is 0 Å². The molecule has 0 atom stereocenters. The van der Waals surface area contributed by atoms with Crippen LogP contribution in [0.15, 0.2) is 28.7 Å². The Labute approximate surface area is 90.1 Å². The highest BCUT2D eigenvalue weighted by Gasteiger charge is 2.19. The molecule has 0 saturated heterocycles. The Hall–Kier alpha value is -1.28. The molecular formula is C13H17NO. The molecule has 0 aliphatic rings. The van der Waals surface area contributed by atoms with Crippen molar-refractivity contribution in [3.63, 3.8) is 0 Å². The maximum atomic E-state index is 5.87. The van der Waals surface area contributed by atoms with Gasteiger partial charge in [0.15, 0.2) is 0 Å². The number of hydrogen-bond acceptors (Lipinski definition) is 2. The summed E-state index contributed by atoms with van der Waals surface area (Å²) < 4.78 is 5.87. The minimum atomic E-state index is 0.0465. The third kappa shape index (κ3) is 1.77. The van der Waals surface area contributed by atoms with E-state index in [1.54, 1.807) is 0 Å². The van der Waals surface area contributed by atoms with E-state index in [2.05, 4.69) is 32.9 Å². The Bertz CT molecular complexity index is 477. The molecule has 2 rings (SSSR count). The van der Waals surface area contributed by atoms with Gasteiger partial charge in [0.25, 0.3) is 0 Å². The molecule has 2 aromatic rings. The zero-order chi connectivity index (χ0) is 11.1. The Morgan fingerprint density at radius 1 is 1.27 bits per heavy atom. The molecule has 1 aromatic heterocycles. The van der Waals surface area contributed by atoms with Crippen LogP contribution in [0.1, 0.15) is 32.1 Å². The third-order valence-electron chi connectivity index (χ3n) is 2.58. The smallest absolute Gasteiger partial charge is 0.138 e. The van der Waals surface area contributed by atoms with Crippen LogP contribution in [0.3, 0.4) is 0 Å². The van der Waals surface area contributed by atoms with E-state index < -0.39 is 0 Å². The van der Waals surface area contributed by atoms with Crippen molar-refractivity contribution >= 4 is 11.0 Å². The van der Waals surface area contributed by atoms with E-state index in [0.717, 1.165) is 22.3 Å². The lowest BCUT2D eigenvalue weighted by atomic mass is 9.93. The maximum Gasteiger partial charge on any atom is 0.138 e. The first-order chi connectivity index (χ1) is 7.02. The summed E-state index contributed by atoms with van der Waals surface area (Å²) in [6, 6.07) is 8.20. The summed E-state index contributed by atoms with van der Waals surface area (Å²) in [5.74, 6) is 1.01. The largest absolute Gasteiger partial charge is 0.460 e. The Morgan fingerprint density at radius 2 is 2.00 bits per heavy atom. The van der Waals surface area contributed by atoms with Gasteiger partial charge in [-0.15, -0.1) is 0 Å². The van der Waals surface area contributed by atoms with Crippen LogP contribution in [0, 0.1) is 0 Å². The van der Waals surface area contributed by atoms with Crippen molar-refractivity contribution in [3.8, 4) is 0 Å². The number of furan rings is 1. The molecule has 1 heterocycles. The quantitative estimate of drug-likeness (QED) is 0.773. The number of rotatable bonds is 1. The van der Waals surface area contributed by atoms with Gasteiger partial charge in [-0.25, -0.2) is 0 Å². The van der Waals surface area contributed by atoms with Crippen molar-refractivity contribution in [2.24, 2.45) is 5.73 Å². The predicted octanol–water partition coefficient (Wildman–Crippen LogP) is 3.19. The van der Waals surface area contributed by atoms with E-state index in [1.165, 1.54) is 0 Å². The Morgan fingerprint density at radius 3 is 2.60 bits per heavy atom. The topological polar surface area (TPSA) is 39.2 Å². The first-order valence-electron chi connectivity index (χ1n) is 5.24. The number of benzene rings is 1. The highest BCUT2D eigenvalue weighted by Crippen LogP contribution is 2.30. The lowest BCUT2D eigenvalue weighted by molar-refractivity contribution is 0.429. The minimum Gasteiger partial charge on any atom is -0.460 e. The van der Waals surface area contributed by atoms with Gasteiger partial charge >= 0.3 is 0 Å². The summed E-state index contributed by atoms with van der Waals surface area (Å²) in [5.41, 5.74) is 7.73. The van der Waals surface area contributed by atoms with Crippen LogP contribution in [0.5, 0.6) is 0 Å². The van der Waals surface area contributed by atoms with Gasteiger partial charge in [-0.2, -0.15) is 0 Å². The molecule has 0 aliphatic heterocycles. The van der Waals surface area contributed by atoms with Gasteiger partial charge in [0, 0.05) is 22.9 Å². The molecule has 15 heavy (non-hydrogen) atoms. The van der Waals surface area contributed by atoms with E-state index in [1.807, 2.05) is 12.1 Å². The number of fused-ring (bicyclic) bond motifs is 1. The predicted molar refractivity (Wildman–Crippen MR) is 62.8 cm³/mol. The van der Waals surface area contributed by atoms with Crippen molar-refractivity contribution in [2.75, 3.05) is 0 Å². The SMILES string of the molecule is CC(C)(C)c1cc2cccc(CN)c2o1. The third-order valence-corrected chi connectivity index (χ3v) is 2.58. The molecule has 2 N–H and O–H groups in total. The highest BCUT2D eigenvalue weighted by atomic mass is 16.3. The van der Waals surface area contributed by atoms with Crippen LogP contribution in [0.25, 0.3) is 11.0 Å². The monoisotopic (exact) mass is 203 g/mol. The first-order valence-corrected chi connectivity index (χ1v) is 5.24. The van der Waals surface area contributed by atoms with Gasteiger partial charge < -0.3 is 10.2 Å². The second-order valence-electron chi connectivity index (χ2n) is 4.90. The van der Waals surface area contributed by atoms with Crippen LogP contribution < -0.4 is 5.73 Å². The molecule has 80 valence electrons. The molecule has 0 bridgehead atoms. The number of hydrogen-bond donors (Lipinski definition) is 1. The number of para-hydroxylation sites is 1. The van der Waals surface area contributed by atoms with Crippen molar-refractivity contribution in [3.05, 3.63) is 35.6 Å². The van der Waals surface area contributed by atoms with E-state index in [-0.39, 0.29) is 5.41 Å². The summed E-state index contributed by atoms with van der Waals surface area (Å²) in [7, 11) is 0. The fraction of sp³-hybridized carbons (Fsp3) is 0.385. The van der Waals surface area contributed by atoms with Crippen molar-refractivity contribution in [1.29, 1.82) is 0 Å². The average molecular weight is 203 g/mol. The molecular weight excluding hydrogens is 186 g/mol. The van der Waals surface area contributed by atoms with Gasteiger partial charge in [-0.05, 0) is 6.07 Å². The average Bonchev–Trinajstić information content (AvgIpc) is 2.59. The van der Waals surface area contributed by atoms with Gasteiger partial charge in [0.1, 0.15) is 11.3 Å². The maximum absolute atomic E-state index is 5.87. The number of nitrogens with two attached hydrogens (primary N) is 1. The second-order valence-corrected chi connectivity index (χ2v) is 4.90. The zero-order valence-electron chi connectivity index (χ0n) is 9.50. The summed E-state index contributed by atoms with van der Waals surface area (Å²) in [4.78, 5) is 0. The summed E-state index contributed by atoms with van der Waals surface area (Å²) in [6.07, 6.45) is 0. The molecule has 0 saturated carbocycles. The van der Waals surface area contributed by atoms with Gasteiger partial charge in [-0.1, -0.05) is 39.0 Å². The normalized spacial score (nSPS) is 12.3. The van der Waals surface area contributed by atoms with Gasteiger partial charge in [-0.3, -0.25) is 0 Å². The second kappa shape index (κ2) is 3.38. The lowest BCUT2D eigenvalue weighted by Gasteiger charge is -2.13. The molecule has 0 fully saturated rings. The van der Waals surface area contributed by atoms with Crippen LogP contribution >= 0.6 is 0 Å². The van der Waals surface area contributed by atoms with Crippen molar-refractivity contribution < 1.29 is 4.42 Å². The molecule has 0 amide bonds. The fourth-order valence-electron chi connectivity index (χ4n) is 1.65. The van der Waals surface area contributed by atoms with E-state index in [4.69, 9.17) is 10.2 Å². The molecule has 0 radical (unpaired) electrons. The standard InChI is InChI=1S/C13H17NO/c1-13(2,3)11-7-9-5-4-6-10(8-14)12(9)15-11/h4-7H,8,14H2,1-3H3. The molecule has 0 spiro atoms. The fourth-order valence-corrected chi connectivity index (χ4v) is 1.65. The van der Waals surface area contributed by atoms with E-state index >= 15 is 0 Å². The molecule has 0 unspecified atom stereocenters. The summed E-state index contributed by atoms with van der Waals surface area (Å²) >= 11 is 0. The summed E-state index contributed by atoms with van der Waals surface area (Å²) in [6.45, 7) is 6.96. The van der Waals surface area contributed by atoms with Crippen LogP contribution in [-0.2, 0) is 12.0 Å². The first kappa shape index (κ1) is 10.2. The molecule has 0 aliphatic carbocycles. The van der Waals surface area contributed by atoms with Crippen molar-refractivity contribution in [2.45, 2.75) is 32.7 Å². The summed E-state index contributed by atoms with van der Waals surface area (Å²) in [5, 5.41) is 1.14. The van der Waals surface area contributed by atoms with E-state index in [0.29, 0.717) is 6.54 Å². The van der Waals surface area contributed by atoms with Crippen molar-refractivity contribution in [1.82, 2.24) is 0 Å². The lowest BCUT2D eigenvalue weighted by Crippen LogP contribution is -2.08. The van der Waals surface area contributed by atoms with Gasteiger partial charge in [0.05, 0.1) is 0 Å². The van der Waals surface area contributed by atoms with Crippen LogP contribution in [0.4, 0.5) is 0 Å². The highest BCUT2D eigenvalue weighted by molar-refractivity contribution is 5.81. The molecule has 2 heteroatoms. The van der Waals surface area contributed by atoms with E-state index in [9.17, 15) is 0 Å². The zero-order valence-corrected chi connectivity index (χ0v) is 9.50. The van der Waals surface area contributed by atoms with Gasteiger partial charge in [0.2, 0.25) is 0 Å². The van der Waals surface area contributed by atoms with Crippen LogP contribution in [0.2, 0.25) is 0 Å². The molecule has 1 aromatic carbocycles. The Kier molecular flexibility index (Phi) is 2.31. The molecule has 2 nitrogen and oxygen atoms in total. The minimum absolute atomic E-state index is 0.0465. The Balaban J connectivity index is 2.65.